The van der Waals surface area contributed by atoms with Crippen molar-refractivity contribution in [2.45, 2.75) is 19.4 Å². The number of nitrogens with two attached hydrogens (primary N) is 1. The molecule has 2 rings (SSSR count). The van der Waals surface area contributed by atoms with Crippen molar-refractivity contribution in [1.29, 1.82) is 0 Å². The highest BCUT2D eigenvalue weighted by molar-refractivity contribution is 6.04. The molecule has 96 valence electrons. The van der Waals surface area contributed by atoms with Crippen molar-refractivity contribution >= 4 is 11.6 Å². The summed E-state index contributed by atoms with van der Waals surface area (Å²) in [6.07, 6.45) is -0.228. The summed E-state index contributed by atoms with van der Waals surface area (Å²) < 4.78 is 5.35. The predicted octanol–water partition coefficient (Wildman–Crippen LogP) is 0.568. The Morgan fingerprint density at radius 2 is 2.28 bits per heavy atom. The van der Waals surface area contributed by atoms with Crippen LogP contribution in [0.25, 0.3) is 0 Å². The highest BCUT2D eigenvalue weighted by atomic mass is 16.6. The van der Waals surface area contributed by atoms with E-state index < -0.39 is 6.10 Å². The third-order valence-corrected chi connectivity index (χ3v) is 2.60. The van der Waals surface area contributed by atoms with E-state index in [9.17, 15) is 4.79 Å². The molecule has 1 heterocycles. The summed E-state index contributed by atoms with van der Waals surface area (Å²) in [4.78, 5) is 16.3. The van der Waals surface area contributed by atoms with Gasteiger partial charge in [-0.2, -0.15) is 0 Å². The average Bonchev–Trinajstić information content (AvgIpc) is 2.89. The van der Waals surface area contributed by atoms with E-state index in [2.05, 4.69) is 5.16 Å². The molecule has 1 aliphatic rings. The fraction of sp³-hybridized carbons (Fsp3) is 0.333. The van der Waals surface area contributed by atoms with E-state index in [-0.39, 0.29) is 5.91 Å². The summed E-state index contributed by atoms with van der Waals surface area (Å²) in [6, 6.07) is 7.49. The molecule has 1 amide bonds. The second kappa shape index (κ2) is 5.50. The Morgan fingerprint density at radius 3 is 2.89 bits per heavy atom. The van der Waals surface area contributed by atoms with Gasteiger partial charge in [0.25, 0.3) is 5.91 Å². The molecule has 0 radical (unpaired) electrons. The van der Waals surface area contributed by atoms with Crippen molar-refractivity contribution in [2.75, 3.05) is 6.61 Å². The first-order valence-electron chi connectivity index (χ1n) is 5.71. The van der Waals surface area contributed by atoms with Crippen LogP contribution in [0.5, 0.6) is 5.75 Å². The molecule has 0 aromatic heterocycles. The number of hydrogen-bond acceptors (Lipinski definition) is 5. The van der Waals surface area contributed by atoms with Crippen LogP contribution >= 0.6 is 0 Å². The lowest BCUT2D eigenvalue weighted by Gasteiger charge is -2.05. The number of amides is 1. The van der Waals surface area contributed by atoms with Crippen molar-refractivity contribution in [1.82, 2.24) is 5.43 Å². The summed E-state index contributed by atoms with van der Waals surface area (Å²) in [6.45, 7) is 2.56. The number of nitrogens with zero attached hydrogens (tertiary/aromatic N) is 1. The minimum absolute atomic E-state index is 0.375. The molecule has 6 nitrogen and oxygen atoms in total. The second-order valence-corrected chi connectivity index (χ2v) is 3.80. The lowest BCUT2D eigenvalue weighted by atomic mass is 10.0. The Labute approximate surface area is 105 Å². The zero-order valence-electron chi connectivity index (χ0n) is 10.1. The standard InChI is InChI=1S/C12H15N3O3/c1-2-17-9-5-3-8(4-6-9)10-7-11(18-15-10)12(16)14-13/h3-6,11H,2,7,13H2,1H3,(H,14,16). The molecule has 1 unspecified atom stereocenters. The number of nitrogens with one attached hydrogen (secondary N) is 1. The van der Waals surface area contributed by atoms with Crippen LogP contribution in [-0.4, -0.2) is 24.3 Å². The SMILES string of the molecule is CCOc1ccc(C2=NOC(C(=O)NN)C2)cc1. The predicted molar refractivity (Wildman–Crippen MR) is 66.0 cm³/mol. The van der Waals surface area contributed by atoms with Crippen molar-refractivity contribution in [3.8, 4) is 5.75 Å². The molecule has 3 N–H and O–H groups in total. The van der Waals surface area contributed by atoms with E-state index in [1.54, 1.807) is 0 Å². The third kappa shape index (κ3) is 2.60. The third-order valence-electron chi connectivity index (χ3n) is 2.60. The Kier molecular flexibility index (Phi) is 3.78. The molecule has 0 fully saturated rings. The Hall–Kier alpha value is -2.08. The average molecular weight is 249 g/mol. The van der Waals surface area contributed by atoms with Crippen LogP contribution in [-0.2, 0) is 9.63 Å². The van der Waals surface area contributed by atoms with Crippen molar-refractivity contribution in [3.63, 3.8) is 0 Å². The lowest BCUT2D eigenvalue weighted by Crippen LogP contribution is -2.39. The van der Waals surface area contributed by atoms with Gasteiger partial charge >= 0.3 is 0 Å². The minimum Gasteiger partial charge on any atom is -0.494 e. The molecule has 0 bridgehead atoms. The molecule has 0 saturated carbocycles. The molecule has 0 spiro atoms. The van der Waals surface area contributed by atoms with E-state index in [1.165, 1.54) is 0 Å². The second-order valence-electron chi connectivity index (χ2n) is 3.80. The summed E-state index contributed by atoms with van der Waals surface area (Å²) in [5.41, 5.74) is 3.68. The maximum absolute atomic E-state index is 11.3. The van der Waals surface area contributed by atoms with E-state index >= 15 is 0 Å². The van der Waals surface area contributed by atoms with Gasteiger partial charge in [0, 0.05) is 6.42 Å². The van der Waals surface area contributed by atoms with E-state index in [4.69, 9.17) is 15.4 Å². The molecule has 0 saturated heterocycles. The number of carbonyl (C=O) groups is 1. The zero-order chi connectivity index (χ0) is 13.0. The highest BCUT2D eigenvalue weighted by Crippen LogP contribution is 2.19. The van der Waals surface area contributed by atoms with Gasteiger partial charge in [-0.15, -0.1) is 0 Å². The van der Waals surface area contributed by atoms with E-state index in [1.807, 2.05) is 36.6 Å². The molecular formula is C12H15N3O3. The number of hydrogen-bond donors (Lipinski definition) is 2. The lowest BCUT2D eigenvalue weighted by molar-refractivity contribution is -0.131. The number of carbonyl (C=O) groups excluding carboxylic acids is 1. The molecule has 1 aromatic carbocycles. The molecule has 0 aliphatic carbocycles. The van der Waals surface area contributed by atoms with Gasteiger partial charge in [-0.3, -0.25) is 10.2 Å². The first kappa shape index (κ1) is 12.4. The molecular weight excluding hydrogens is 234 g/mol. The Balaban J connectivity index is 2.03. The van der Waals surface area contributed by atoms with Crippen molar-refractivity contribution < 1.29 is 14.4 Å². The van der Waals surface area contributed by atoms with Gasteiger partial charge in [0.15, 0.2) is 0 Å². The summed E-state index contributed by atoms with van der Waals surface area (Å²) >= 11 is 0. The quantitative estimate of drug-likeness (QED) is 0.464. The monoisotopic (exact) mass is 249 g/mol. The fourth-order valence-electron chi connectivity index (χ4n) is 1.69. The topological polar surface area (TPSA) is 85.9 Å². The van der Waals surface area contributed by atoms with Crippen LogP contribution in [0.4, 0.5) is 0 Å². The largest absolute Gasteiger partial charge is 0.494 e. The molecule has 1 atom stereocenters. The van der Waals surface area contributed by atoms with Crippen LogP contribution in [0.15, 0.2) is 29.4 Å². The van der Waals surface area contributed by atoms with E-state index in [0.717, 1.165) is 17.0 Å². The van der Waals surface area contributed by atoms with Crippen LogP contribution < -0.4 is 16.0 Å². The van der Waals surface area contributed by atoms with Crippen LogP contribution in [0.2, 0.25) is 0 Å². The smallest absolute Gasteiger partial charge is 0.278 e. The molecule has 1 aromatic rings. The number of ether oxygens (including phenoxy) is 1. The fourth-order valence-corrected chi connectivity index (χ4v) is 1.69. The summed E-state index contributed by atoms with van der Waals surface area (Å²) in [7, 11) is 0. The Bertz CT molecular complexity index is 456. The first-order valence-corrected chi connectivity index (χ1v) is 5.71. The van der Waals surface area contributed by atoms with Crippen molar-refractivity contribution in [3.05, 3.63) is 29.8 Å². The molecule has 1 aliphatic heterocycles. The van der Waals surface area contributed by atoms with Gasteiger partial charge in [-0.05, 0) is 36.8 Å². The van der Waals surface area contributed by atoms with Gasteiger partial charge < -0.3 is 9.57 Å². The Morgan fingerprint density at radius 1 is 1.56 bits per heavy atom. The molecule has 18 heavy (non-hydrogen) atoms. The first-order chi connectivity index (χ1) is 8.74. The summed E-state index contributed by atoms with van der Waals surface area (Å²) in [5, 5.41) is 3.89. The minimum atomic E-state index is -0.642. The highest BCUT2D eigenvalue weighted by Gasteiger charge is 2.28. The number of benzene rings is 1. The normalized spacial score (nSPS) is 17.9. The van der Waals surface area contributed by atoms with Gasteiger partial charge in [-0.25, -0.2) is 5.84 Å². The maximum atomic E-state index is 11.3. The maximum Gasteiger partial charge on any atom is 0.278 e. The van der Waals surface area contributed by atoms with Gasteiger partial charge in [-0.1, -0.05) is 5.16 Å². The summed E-state index contributed by atoms with van der Waals surface area (Å²) in [5.74, 6) is 5.47. The van der Waals surface area contributed by atoms with Crippen LogP contribution in [0, 0.1) is 0 Å². The van der Waals surface area contributed by atoms with E-state index in [0.29, 0.717) is 13.0 Å². The molecule has 6 heteroatoms. The zero-order valence-corrected chi connectivity index (χ0v) is 10.1. The van der Waals surface area contributed by atoms with Gasteiger partial charge in [0.05, 0.1) is 12.3 Å². The van der Waals surface area contributed by atoms with Crippen LogP contribution in [0.3, 0.4) is 0 Å². The number of rotatable bonds is 4. The number of hydrazine groups is 1. The van der Waals surface area contributed by atoms with Crippen LogP contribution in [0.1, 0.15) is 18.9 Å². The number of oxime groups is 1. The van der Waals surface area contributed by atoms with Gasteiger partial charge in [0.1, 0.15) is 5.75 Å². The van der Waals surface area contributed by atoms with Gasteiger partial charge in [0.2, 0.25) is 6.10 Å². The van der Waals surface area contributed by atoms with Crippen molar-refractivity contribution in [2.24, 2.45) is 11.0 Å².